The number of hydrogen-bond donors (Lipinski definition) is 0. The molecule has 0 aliphatic heterocycles. The topological polar surface area (TPSA) is 39.4 Å². The predicted octanol–water partition coefficient (Wildman–Crippen LogP) is 34.3. The standard InChI is InChI=1S/2C44H28O.C32H20O/c1-3-13-29(14-4-1)30-23-25-32(26-24-30)42-38(27-28-40-44(42)37-21-11-12-22-39(37)45-40)43-35-19-9-7-17-33(35)41(31-15-5-2-6-16-31)34-18-8-10-20-36(34)43;1-3-12-29(13-4-1)31-16-11-17-32(26-31)33-22-24-41-39(27-33)40-28-34(23-25-42(40)45-41)44-37-20-9-7-18-35(37)43(30-14-5-2-6-15-30)36-19-8-10-21-38(36)44;1-2-11-21(12-3-1)30-22-13-4-6-15-24(22)31(25-16-7-5-14-23(25)30)27-18-10-20-29-32(27)26-17-8-9-19-28(26)33-29/h2*1-28H;1-20H/i2D,5D,6D,15D,16D;2D,5D,6D,14D,15D;10D,18D,20D. The molecule has 3 nitrogen and oxygen atoms in total. The van der Waals surface area contributed by atoms with Crippen LogP contribution >= 0.6 is 0 Å². The molecule has 0 unspecified atom stereocenters. The third-order valence-electron chi connectivity index (χ3n) is 24.0. The molecule has 0 saturated carbocycles. The van der Waals surface area contributed by atoms with Gasteiger partial charge in [0.25, 0.3) is 0 Å². The Kier molecular flexibility index (Phi) is 14.8. The molecular formula is C120H76O3. The van der Waals surface area contributed by atoms with Gasteiger partial charge in [0, 0.05) is 37.9 Å². The van der Waals surface area contributed by atoms with Gasteiger partial charge in [0.2, 0.25) is 0 Å². The lowest BCUT2D eigenvalue weighted by Gasteiger charge is -2.20. The van der Waals surface area contributed by atoms with Crippen LogP contribution in [-0.2, 0) is 0 Å². The van der Waals surface area contributed by atoms with Crippen LogP contribution in [-0.4, -0.2) is 0 Å². The molecule has 0 saturated heterocycles. The number of hydrogen-bond acceptors (Lipinski definition) is 3. The Morgan fingerprint density at radius 2 is 0.431 bits per heavy atom. The van der Waals surface area contributed by atoms with E-state index >= 15 is 0 Å². The fraction of sp³-hybridized carbons (Fsp3) is 0. The van der Waals surface area contributed by atoms with Gasteiger partial charge in [-0.15, -0.1) is 0 Å². The van der Waals surface area contributed by atoms with Crippen LogP contribution in [0.25, 0.3) is 242 Å². The Morgan fingerprint density at radius 1 is 0.138 bits per heavy atom. The second kappa shape index (κ2) is 30.6. The van der Waals surface area contributed by atoms with Crippen LogP contribution in [0.1, 0.15) is 17.8 Å². The third-order valence-corrected chi connectivity index (χ3v) is 24.0. The van der Waals surface area contributed by atoms with Crippen molar-refractivity contribution in [3.05, 3.63) is 461 Å². The maximum atomic E-state index is 9.09. The number of fused-ring (bicyclic) bond motifs is 15. The van der Waals surface area contributed by atoms with Crippen molar-refractivity contribution < 1.29 is 31.1 Å². The summed E-state index contributed by atoms with van der Waals surface area (Å²) < 4.78 is 131. The second-order valence-corrected chi connectivity index (χ2v) is 30.8. The minimum atomic E-state index is -0.405. The van der Waals surface area contributed by atoms with E-state index in [0.29, 0.717) is 27.9 Å². The highest BCUT2D eigenvalue weighted by Crippen LogP contribution is 2.53. The van der Waals surface area contributed by atoms with Gasteiger partial charge < -0.3 is 13.3 Å². The van der Waals surface area contributed by atoms with Crippen molar-refractivity contribution in [1.29, 1.82) is 0 Å². The van der Waals surface area contributed by atoms with Crippen LogP contribution in [0.2, 0.25) is 0 Å². The van der Waals surface area contributed by atoms with Crippen LogP contribution < -0.4 is 0 Å². The van der Waals surface area contributed by atoms with Gasteiger partial charge in [0.15, 0.2) is 0 Å². The van der Waals surface area contributed by atoms with Crippen molar-refractivity contribution in [2.75, 3.05) is 0 Å². The smallest absolute Gasteiger partial charge is 0.136 e. The number of benzene rings is 22. The van der Waals surface area contributed by atoms with Gasteiger partial charge in [-0.1, -0.05) is 400 Å². The van der Waals surface area contributed by atoms with Crippen LogP contribution in [0.3, 0.4) is 0 Å². The zero-order valence-corrected chi connectivity index (χ0v) is 66.1. The van der Waals surface area contributed by atoms with E-state index in [1.807, 2.05) is 200 Å². The molecule has 0 radical (unpaired) electrons. The predicted molar refractivity (Wildman–Crippen MR) is 521 cm³/mol. The first-order valence-electron chi connectivity index (χ1n) is 47.6. The van der Waals surface area contributed by atoms with E-state index in [2.05, 4.69) is 182 Å². The van der Waals surface area contributed by atoms with Crippen LogP contribution in [0.5, 0.6) is 0 Å². The molecule has 3 heteroatoms. The third kappa shape index (κ3) is 12.6. The molecule has 0 fully saturated rings. The zero-order valence-electron chi connectivity index (χ0n) is 79.1. The molecule has 0 bridgehead atoms. The highest BCUT2D eigenvalue weighted by molar-refractivity contribution is 6.28. The minimum Gasteiger partial charge on any atom is -0.456 e. The first-order valence-corrected chi connectivity index (χ1v) is 41.1. The van der Waals surface area contributed by atoms with E-state index in [0.717, 1.165) is 197 Å². The highest BCUT2D eigenvalue weighted by atomic mass is 16.3. The molecule has 25 aromatic rings. The van der Waals surface area contributed by atoms with E-state index in [1.165, 1.54) is 5.56 Å². The van der Waals surface area contributed by atoms with Crippen LogP contribution in [0.15, 0.2) is 474 Å². The summed E-state index contributed by atoms with van der Waals surface area (Å²) in [5.41, 5.74) is 22.6. The summed E-state index contributed by atoms with van der Waals surface area (Å²) in [5.74, 6) is 0. The Balaban J connectivity index is 0.000000116. The quantitative estimate of drug-likeness (QED) is 0.128. The van der Waals surface area contributed by atoms with Crippen LogP contribution in [0.4, 0.5) is 0 Å². The van der Waals surface area contributed by atoms with Gasteiger partial charge in [-0.3, -0.25) is 0 Å². The summed E-state index contributed by atoms with van der Waals surface area (Å²) in [4.78, 5) is 0. The van der Waals surface area contributed by atoms with Gasteiger partial charge in [-0.05, 0) is 231 Å². The maximum absolute atomic E-state index is 9.09. The van der Waals surface area contributed by atoms with Gasteiger partial charge in [-0.2, -0.15) is 0 Å². The highest BCUT2D eigenvalue weighted by Gasteiger charge is 2.26. The van der Waals surface area contributed by atoms with Crippen molar-refractivity contribution >= 4 is 130 Å². The second-order valence-electron chi connectivity index (χ2n) is 30.8. The molecule has 0 spiro atoms. The normalized spacial score (nSPS) is 13.1. The first kappa shape index (κ1) is 59.5. The summed E-state index contributed by atoms with van der Waals surface area (Å²) in [6.07, 6.45) is 0. The van der Waals surface area contributed by atoms with E-state index < -0.39 is 12.1 Å². The molecule has 3 aromatic heterocycles. The molecule has 25 rings (SSSR count). The van der Waals surface area contributed by atoms with Crippen molar-refractivity contribution in [1.82, 2.24) is 0 Å². The molecule has 0 N–H and O–H groups in total. The Bertz CT molecular complexity index is 9040. The van der Waals surface area contributed by atoms with Crippen molar-refractivity contribution in [2.24, 2.45) is 0 Å². The molecule has 123 heavy (non-hydrogen) atoms. The largest absolute Gasteiger partial charge is 0.456 e. The summed E-state index contributed by atoms with van der Waals surface area (Å²) >= 11 is 0. The van der Waals surface area contributed by atoms with Gasteiger partial charge in [-0.25, -0.2) is 0 Å². The fourth-order valence-electron chi connectivity index (χ4n) is 18.6. The van der Waals surface area contributed by atoms with E-state index in [-0.39, 0.29) is 77.6 Å². The summed E-state index contributed by atoms with van der Waals surface area (Å²) in [6.45, 7) is 0. The molecule has 574 valence electrons. The minimum absolute atomic E-state index is 0.0434. The molecule has 0 amide bonds. The molecule has 0 atom stereocenters. The number of furan rings is 3. The van der Waals surface area contributed by atoms with E-state index in [4.69, 9.17) is 31.1 Å². The van der Waals surface area contributed by atoms with E-state index in [1.54, 1.807) is 0 Å². The summed E-state index contributed by atoms with van der Waals surface area (Å²) in [6, 6.07) is 126. The van der Waals surface area contributed by atoms with Crippen molar-refractivity contribution in [3.63, 3.8) is 0 Å². The summed E-state index contributed by atoms with van der Waals surface area (Å²) in [5, 5.41) is 16.8. The molecule has 3 heterocycles. The molecule has 22 aromatic carbocycles. The Morgan fingerprint density at radius 3 is 0.911 bits per heavy atom. The number of rotatable bonds is 10. The van der Waals surface area contributed by atoms with Crippen molar-refractivity contribution in [2.45, 2.75) is 0 Å². The SMILES string of the molecule is [2H]c1c([2H])c(-c2c3ccccc3c(-c3ccccc3)c3ccccc23)c2c(oc3ccccc32)c1[2H].[2H]c1c([2H])c([2H])c(-c2c3ccccc3c(-c3ccc4oc5ccc(-c6cccc(-c7ccccc7)c6)cc5c4c3)c3ccccc23)c([2H])c1[2H].[2H]c1c([2H])c([2H])c(-c2c3ccccc3c(-c3ccc4oc5ccccc5c4c3-c3ccc(-c4ccccc4)cc3)c3ccccc23)c([2H])c1[2H]. The fourth-order valence-corrected chi connectivity index (χ4v) is 18.6. The summed E-state index contributed by atoms with van der Waals surface area (Å²) in [7, 11) is 0. The molecule has 0 aliphatic carbocycles. The molecule has 0 aliphatic rings. The average molecular weight is 1580 g/mol. The van der Waals surface area contributed by atoms with Crippen LogP contribution in [0, 0.1) is 0 Å². The van der Waals surface area contributed by atoms with E-state index in [9.17, 15) is 0 Å². The Labute approximate surface area is 729 Å². The van der Waals surface area contributed by atoms with Gasteiger partial charge in [0.05, 0.1) is 17.8 Å². The monoisotopic (exact) mass is 1580 g/mol. The first-order chi connectivity index (χ1) is 66.5. The lowest BCUT2D eigenvalue weighted by Crippen LogP contribution is -1.93. The lowest BCUT2D eigenvalue weighted by atomic mass is 9.82. The lowest BCUT2D eigenvalue weighted by molar-refractivity contribution is 0.668. The molecular weight excluding hydrogens is 1490 g/mol. The van der Waals surface area contributed by atoms with Gasteiger partial charge in [0.1, 0.15) is 33.5 Å². The zero-order chi connectivity index (χ0) is 92.6. The van der Waals surface area contributed by atoms with Crippen molar-refractivity contribution in [3.8, 4) is 111 Å². The number of para-hydroxylation sites is 2. The Hall–Kier alpha value is -16.2. The average Bonchev–Trinajstić information content (AvgIpc) is 1.27. The maximum Gasteiger partial charge on any atom is 0.136 e. The van der Waals surface area contributed by atoms with Gasteiger partial charge >= 0.3 is 0 Å².